The molecule has 2 amide bonds. The lowest BCUT2D eigenvalue weighted by atomic mass is 10.0. The molecule has 0 bridgehead atoms. The Hall–Kier alpha value is -2.50. The molecule has 0 fully saturated rings. The summed E-state index contributed by atoms with van der Waals surface area (Å²) in [5, 5.41) is 11.6. The average molecular weight is 497 g/mol. The van der Waals surface area contributed by atoms with Crippen LogP contribution in [-0.4, -0.2) is 71.1 Å². The molecule has 0 saturated heterocycles. The topological polar surface area (TPSA) is 152 Å². The molecular weight excluding hydrogens is 460 g/mol. The quantitative estimate of drug-likeness (QED) is 0.502. The van der Waals surface area contributed by atoms with Crippen molar-refractivity contribution < 1.29 is 27.9 Å². The number of alkyl carbamates (subject to hydrolysis) is 1. The maximum atomic E-state index is 13.7. The Balaban J connectivity index is 2.50. The SMILES string of the molecule is CC(C)C[C@H](NC(=O)OC(C)(C)C)C(=O)N1CC/C=C\C(N)C(O)C1S(=O)(=O)c1ccccn1. The van der Waals surface area contributed by atoms with E-state index in [0.29, 0.717) is 6.42 Å². The van der Waals surface area contributed by atoms with Crippen LogP contribution in [0.4, 0.5) is 4.79 Å². The lowest BCUT2D eigenvalue weighted by molar-refractivity contribution is -0.136. The Morgan fingerprint density at radius 2 is 2.00 bits per heavy atom. The first kappa shape index (κ1) is 27.7. The lowest BCUT2D eigenvalue weighted by Crippen LogP contribution is -2.61. The third-order valence-corrected chi connectivity index (χ3v) is 7.11. The van der Waals surface area contributed by atoms with Crippen molar-refractivity contribution in [1.29, 1.82) is 0 Å². The van der Waals surface area contributed by atoms with Crippen LogP contribution < -0.4 is 11.1 Å². The molecular formula is C23H36N4O6S. The summed E-state index contributed by atoms with van der Waals surface area (Å²) in [7, 11) is -4.31. The van der Waals surface area contributed by atoms with Crippen LogP contribution in [0, 0.1) is 5.92 Å². The van der Waals surface area contributed by atoms with Crippen LogP contribution in [0.2, 0.25) is 0 Å². The molecule has 0 saturated carbocycles. The third kappa shape index (κ3) is 7.25. The molecule has 11 heteroatoms. The van der Waals surface area contributed by atoms with E-state index in [0.717, 1.165) is 4.90 Å². The minimum absolute atomic E-state index is 0.000434. The molecule has 2 rings (SSSR count). The van der Waals surface area contributed by atoms with Gasteiger partial charge in [0.1, 0.15) is 17.7 Å². The summed E-state index contributed by atoms with van der Waals surface area (Å²) in [5.74, 6) is -0.651. The first-order valence-corrected chi connectivity index (χ1v) is 12.8. The van der Waals surface area contributed by atoms with E-state index in [9.17, 15) is 23.1 Å². The minimum Gasteiger partial charge on any atom is -0.444 e. The fourth-order valence-electron chi connectivity index (χ4n) is 3.65. The fourth-order valence-corrected chi connectivity index (χ4v) is 5.47. The van der Waals surface area contributed by atoms with Gasteiger partial charge in [-0.05, 0) is 51.7 Å². The normalized spacial score (nSPS) is 23.5. The molecule has 0 aromatic carbocycles. The van der Waals surface area contributed by atoms with Crippen molar-refractivity contribution in [1.82, 2.24) is 15.2 Å². The van der Waals surface area contributed by atoms with Gasteiger partial charge in [0.15, 0.2) is 10.4 Å². The molecule has 1 aliphatic rings. The summed E-state index contributed by atoms with van der Waals surface area (Å²) in [6, 6.07) is 2.28. The van der Waals surface area contributed by atoms with Gasteiger partial charge in [0.05, 0.1) is 6.04 Å². The number of aliphatic hydroxyl groups is 1. The maximum absolute atomic E-state index is 13.7. The number of amides is 2. The van der Waals surface area contributed by atoms with Crippen molar-refractivity contribution in [2.75, 3.05) is 6.54 Å². The van der Waals surface area contributed by atoms with E-state index in [2.05, 4.69) is 10.3 Å². The number of sulfone groups is 1. The zero-order valence-corrected chi connectivity index (χ0v) is 21.2. The number of rotatable bonds is 6. The van der Waals surface area contributed by atoms with Gasteiger partial charge in [-0.2, -0.15) is 0 Å². The number of nitrogens with one attached hydrogen (secondary N) is 1. The predicted octanol–water partition coefficient (Wildman–Crippen LogP) is 1.60. The number of nitrogens with zero attached hydrogens (tertiary/aromatic N) is 2. The molecule has 4 N–H and O–H groups in total. The van der Waals surface area contributed by atoms with Gasteiger partial charge >= 0.3 is 6.09 Å². The zero-order chi connectivity index (χ0) is 25.7. The standard InChI is InChI=1S/C23H36N4O6S/c1-15(2)14-17(26-22(30)33-23(3,4)5)20(29)27-13-9-7-10-16(24)19(28)21(27)34(31,32)18-11-6-8-12-25-18/h6-8,10-12,15-17,19,21,28H,9,13-14,24H2,1-5H3,(H,26,30)/b10-7-/t16?,17-,19?,21?/m0/s1. The van der Waals surface area contributed by atoms with Gasteiger partial charge in [-0.15, -0.1) is 0 Å². The van der Waals surface area contributed by atoms with Crippen molar-refractivity contribution in [3.8, 4) is 0 Å². The second-order valence-corrected chi connectivity index (χ2v) is 11.7. The summed E-state index contributed by atoms with van der Waals surface area (Å²) >= 11 is 0. The van der Waals surface area contributed by atoms with E-state index in [1.54, 1.807) is 32.9 Å². The number of aromatic nitrogens is 1. The summed E-state index contributed by atoms with van der Waals surface area (Å²) in [6.45, 7) is 8.85. The number of hydrogen-bond acceptors (Lipinski definition) is 8. The van der Waals surface area contributed by atoms with E-state index in [1.807, 2.05) is 13.8 Å². The number of ether oxygens (including phenoxy) is 1. The van der Waals surface area contributed by atoms with E-state index >= 15 is 0 Å². The molecule has 34 heavy (non-hydrogen) atoms. The predicted molar refractivity (Wildman–Crippen MR) is 127 cm³/mol. The van der Waals surface area contributed by atoms with Gasteiger partial charge in [0.25, 0.3) is 0 Å². The maximum Gasteiger partial charge on any atom is 0.408 e. The Morgan fingerprint density at radius 1 is 1.32 bits per heavy atom. The van der Waals surface area contributed by atoms with Gasteiger partial charge < -0.3 is 25.8 Å². The van der Waals surface area contributed by atoms with E-state index in [1.165, 1.54) is 24.4 Å². The van der Waals surface area contributed by atoms with Gasteiger partial charge in [0, 0.05) is 12.7 Å². The molecule has 0 aliphatic carbocycles. The number of nitrogens with two attached hydrogens (primary N) is 1. The Labute approximate surface area is 201 Å². The molecule has 1 aromatic heterocycles. The van der Waals surface area contributed by atoms with Gasteiger partial charge in [-0.3, -0.25) is 4.79 Å². The van der Waals surface area contributed by atoms with Crippen molar-refractivity contribution in [2.45, 2.75) is 81.6 Å². The first-order chi connectivity index (χ1) is 15.7. The second-order valence-electron chi connectivity index (χ2n) is 9.75. The van der Waals surface area contributed by atoms with Gasteiger partial charge in [0.2, 0.25) is 15.7 Å². The molecule has 190 valence electrons. The highest BCUT2D eigenvalue weighted by atomic mass is 32.2. The second kappa shape index (κ2) is 11.3. The molecule has 3 unspecified atom stereocenters. The Morgan fingerprint density at radius 3 is 2.56 bits per heavy atom. The van der Waals surface area contributed by atoms with Crippen molar-refractivity contribution in [3.05, 3.63) is 36.5 Å². The number of carbonyl (C=O) groups excluding carboxylic acids is 2. The summed E-state index contributed by atoms with van der Waals surface area (Å²) in [5.41, 5.74) is 5.25. The zero-order valence-electron chi connectivity index (χ0n) is 20.3. The number of aliphatic hydroxyl groups excluding tert-OH is 1. The van der Waals surface area contributed by atoms with Crippen LogP contribution in [0.5, 0.6) is 0 Å². The van der Waals surface area contributed by atoms with Gasteiger partial charge in [-0.25, -0.2) is 18.2 Å². The van der Waals surface area contributed by atoms with Crippen LogP contribution in [-0.2, 0) is 19.4 Å². The molecule has 1 aliphatic heterocycles. The summed E-state index contributed by atoms with van der Waals surface area (Å²) < 4.78 is 32.4. The van der Waals surface area contributed by atoms with Crippen molar-refractivity contribution >= 4 is 21.8 Å². The summed E-state index contributed by atoms with van der Waals surface area (Å²) in [6.07, 6.45) is 2.69. The number of hydrogen-bond donors (Lipinski definition) is 3. The molecule has 10 nitrogen and oxygen atoms in total. The fraction of sp³-hybridized carbons (Fsp3) is 0.609. The highest BCUT2D eigenvalue weighted by Gasteiger charge is 2.45. The highest BCUT2D eigenvalue weighted by Crippen LogP contribution is 2.25. The Bertz CT molecular complexity index is 975. The molecule has 0 radical (unpaired) electrons. The van der Waals surface area contributed by atoms with Crippen LogP contribution in [0.15, 0.2) is 41.6 Å². The van der Waals surface area contributed by atoms with Crippen molar-refractivity contribution in [2.24, 2.45) is 11.7 Å². The first-order valence-electron chi connectivity index (χ1n) is 11.3. The third-order valence-electron chi connectivity index (χ3n) is 5.12. The molecule has 0 spiro atoms. The van der Waals surface area contributed by atoms with Crippen LogP contribution in [0.1, 0.15) is 47.5 Å². The van der Waals surface area contributed by atoms with Crippen LogP contribution in [0.25, 0.3) is 0 Å². The smallest absolute Gasteiger partial charge is 0.408 e. The van der Waals surface area contributed by atoms with Crippen molar-refractivity contribution in [3.63, 3.8) is 0 Å². The Kier molecular flexibility index (Phi) is 9.21. The lowest BCUT2D eigenvalue weighted by Gasteiger charge is -2.38. The van der Waals surface area contributed by atoms with Crippen LogP contribution in [0.3, 0.4) is 0 Å². The number of carbonyl (C=O) groups is 2. The largest absolute Gasteiger partial charge is 0.444 e. The molecule has 2 heterocycles. The van der Waals surface area contributed by atoms with E-state index in [-0.39, 0.29) is 23.9 Å². The molecule has 1 aromatic rings. The minimum atomic E-state index is -4.31. The average Bonchev–Trinajstić information content (AvgIpc) is 2.72. The van der Waals surface area contributed by atoms with E-state index in [4.69, 9.17) is 10.5 Å². The monoisotopic (exact) mass is 496 g/mol. The number of pyridine rings is 1. The summed E-state index contributed by atoms with van der Waals surface area (Å²) in [4.78, 5) is 31.2. The molecule has 4 atom stereocenters. The van der Waals surface area contributed by atoms with Gasteiger partial charge in [-0.1, -0.05) is 32.1 Å². The highest BCUT2D eigenvalue weighted by molar-refractivity contribution is 7.92. The van der Waals surface area contributed by atoms with E-state index < -0.39 is 51.0 Å². The van der Waals surface area contributed by atoms with Crippen LogP contribution >= 0.6 is 0 Å².